The number of aliphatic hydroxyl groups excluding tert-OH is 1. The second-order valence-corrected chi connectivity index (χ2v) is 8.40. The van der Waals surface area contributed by atoms with Crippen LogP contribution >= 0.6 is 0 Å². The van der Waals surface area contributed by atoms with Gasteiger partial charge in [0.15, 0.2) is 0 Å². The molecule has 4 rings (SSSR count). The summed E-state index contributed by atoms with van der Waals surface area (Å²) in [6.45, 7) is 6.87. The molecule has 0 amide bonds. The zero-order chi connectivity index (χ0) is 19.8. The van der Waals surface area contributed by atoms with E-state index in [9.17, 15) is 19.8 Å². The topological polar surface area (TPSA) is 106 Å². The highest BCUT2D eigenvalue weighted by Gasteiger charge is 2.80. The van der Waals surface area contributed by atoms with Crippen LogP contribution in [0.25, 0.3) is 0 Å². The molecule has 2 heterocycles. The lowest BCUT2D eigenvalue weighted by Gasteiger charge is -2.54. The van der Waals surface area contributed by atoms with Gasteiger partial charge in [0.05, 0.1) is 23.9 Å². The van der Waals surface area contributed by atoms with Gasteiger partial charge in [-0.05, 0) is 32.6 Å². The van der Waals surface area contributed by atoms with Crippen molar-refractivity contribution < 1.29 is 34.0 Å². The quantitative estimate of drug-likeness (QED) is 0.434. The molecule has 2 saturated carbocycles. The normalized spacial score (nSPS) is 45.6. The van der Waals surface area contributed by atoms with Gasteiger partial charge in [-0.25, -0.2) is 9.59 Å². The van der Waals surface area contributed by atoms with Gasteiger partial charge >= 0.3 is 11.9 Å². The smallest absolute Gasteiger partial charge is 0.336 e. The number of rotatable bonds is 3. The molecule has 4 aliphatic rings. The maximum atomic E-state index is 12.7. The number of fused-ring (bicyclic) bond motifs is 1. The van der Waals surface area contributed by atoms with Crippen molar-refractivity contribution in [3.8, 4) is 0 Å². The SMILES string of the molecule is C/C=C(\CO)C(=O)O[C@@H]1C2=C(C)C(=O)O[C@@]2(O)C[C@@]23O[C@@H]2CC[C@H](C)[C@@]13C. The molecule has 1 spiro atoms. The highest BCUT2D eigenvalue weighted by Crippen LogP contribution is 2.70. The van der Waals surface area contributed by atoms with Crippen LogP contribution in [0.5, 0.6) is 0 Å². The Labute approximate surface area is 158 Å². The van der Waals surface area contributed by atoms with E-state index in [4.69, 9.17) is 14.2 Å². The van der Waals surface area contributed by atoms with Crippen molar-refractivity contribution in [1.82, 2.24) is 0 Å². The number of hydrogen-bond donors (Lipinski definition) is 2. The summed E-state index contributed by atoms with van der Waals surface area (Å²) >= 11 is 0. The van der Waals surface area contributed by atoms with Crippen LogP contribution in [0, 0.1) is 11.3 Å². The molecule has 2 aliphatic carbocycles. The molecule has 0 radical (unpaired) electrons. The van der Waals surface area contributed by atoms with Crippen molar-refractivity contribution in [2.24, 2.45) is 11.3 Å². The third kappa shape index (κ3) is 2.19. The summed E-state index contributed by atoms with van der Waals surface area (Å²) in [6.07, 6.45) is 2.46. The van der Waals surface area contributed by atoms with E-state index in [-0.39, 0.29) is 29.6 Å². The van der Waals surface area contributed by atoms with Crippen LogP contribution in [0.2, 0.25) is 0 Å². The Hall–Kier alpha value is -1.70. The second kappa shape index (κ2) is 5.65. The highest BCUT2D eigenvalue weighted by molar-refractivity contribution is 5.93. The Bertz CT molecular complexity index is 783. The predicted octanol–water partition coefficient (Wildman–Crippen LogP) is 1.38. The maximum Gasteiger partial charge on any atom is 0.336 e. The van der Waals surface area contributed by atoms with E-state index in [1.54, 1.807) is 13.8 Å². The van der Waals surface area contributed by atoms with Crippen molar-refractivity contribution in [2.75, 3.05) is 6.61 Å². The van der Waals surface area contributed by atoms with E-state index in [1.165, 1.54) is 6.08 Å². The fourth-order valence-electron chi connectivity index (χ4n) is 5.44. The molecule has 0 aromatic rings. The first kappa shape index (κ1) is 18.7. The van der Waals surface area contributed by atoms with Crippen LogP contribution in [-0.4, -0.2) is 52.4 Å². The molecular weight excluding hydrogens is 352 g/mol. The molecule has 1 saturated heterocycles. The minimum atomic E-state index is -1.83. The summed E-state index contributed by atoms with van der Waals surface area (Å²) < 4.78 is 17.3. The zero-order valence-electron chi connectivity index (χ0n) is 16.1. The van der Waals surface area contributed by atoms with Gasteiger partial charge in [0.25, 0.3) is 0 Å². The van der Waals surface area contributed by atoms with Gasteiger partial charge in [-0.2, -0.15) is 0 Å². The van der Waals surface area contributed by atoms with E-state index >= 15 is 0 Å². The summed E-state index contributed by atoms with van der Waals surface area (Å²) in [7, 11) is 0. The maximum absolute atomic E-state index is 12.7. The van der Waals surface area contributed by atoms with E-state index < -0.39 is 41.5 Å². The van der Waals surface area contributed by atoms with Crippen LogP contribution in [0.4, 0.5) is 0 Å². The monoisotopic (exact) mass is 378 g/mol. The number of carbonyl (C=O) groups excluding carboxylic acids is 2. The van der Waals surface area contributed by atoms with Crippen molar-refractivity contribution in [1.29, 1.82) is 0 Å². The Morgan fingerprint density at radius 1 is 1.41 bits per heavy atom. The molecule has 0 bridgehead atoms. The molecule has 2 aliphatic heterocycles. The number of epoxide rings is 1. The molecule has 7 nitrogen and oxygen atoms in total. The zero-order valence-corrected chi connectivity index (χ0v) is 16.1. The average molecular weight is 378 g/mol. The minimum Gasteiger partial charge on any atom is -0.453 e. The largest absolute Gasteiger partial charge is 0.453 e. The first-order chi connectivity index (χ1) is 12.6. The molecule has 0 unspecified atom stereocenters. The van der Waals surface area contributed by atoms with Gasteiger partial charge < -0.3 is 24.4 Å². The number of ether oxygens (including phenoxy) is 3. The number of carbonyl (C=O) groups is 2. The highest BCUT2D eigenvalue weighted by atomic mass is 16.7. The van der Waals surface area contributed by atoms with E-state index in [0.29, 0.717) is 5.57 Å². The number of aliphatic hydroxyl groups is 2. The fourth-order valence-corrected chi connectivity index (χ4v) is 5.44. The first-order valence-corrected chi connectivity index (χ1v) is 9.46. The van der Waals surface area contributed by atoms with Gasteiger partial charge in [0.2, 0.25) is 5.79 Å². The van der Waals surface area contributed by atoms with Crippen LogP contribution in [0.1, 0.15) is 47.0 Å². The van der Waals surface area contributed by atoms with Crippen molar-refractivity contribution in [3.63, 3.8) is 0 Å². The molecule has 148 valence electrons. The van der Waals surface area contributed by atoms with E-state index in [1.807, 2.05) is 6.92 Å². The third-order valence-electron chi connectivity index (χ3n) is 7.32. The summed E-state index contributed by atoms with van der Waals surface area (Å²) in [5.41, 5.74) is -0.607. The summed E-state index contributed by atoms with van der Waals surface area (Å²) in [4.78, 5) is 24.9. The standard InChI is InChI=1S/C20H26O7/c1-5-12(8-21)17(23)25-15-14-11(3)16(22)27-20(14,24)9-19-13(26-19)7-6-10(2)18(15,19)4/h5,10,13,15,21,24H,6-9H2,1-4H3/b12-5+/t10-,13+,15+,18-,19+,20-/m0/s1. The molecule has 0 aromatic heterocycles. The van der Waals surface area contributed by atoms with Gasteiger partial charge in [-0.15, -0.1) is 0 Å². The van der Waals surface area contributed by atoms with Gasteiger partial charge in [-0.3, -0.25) is 0 Å². The Balaban J connectivity index is 1.85. The van der Waals surface area contributed by atoms with Gasteiger partial charge in [-0.1, -0.05) is 19.9 Å². The lowest BCUT2D eigenvalue weighted by atomic mass is 9.51. The molecule has 6 atom stereocenters. The molecule has 2 N–H and O–H groups in total. The molecular formula is C20H26O7. The van der Waals surface area contributed by atoms with Crippen LogP contribution in [-0.2, 0) is 23.8 Å². The molecule has 27 heavy (non-hydrogen) atoms. The Kier molecular flexibility index (Phi) is 3.91. The van der Waals surface area contributed by atoms with E-state index in [0.717, 1.165) is 12.8 Å². The van der Waals surface area contributed by atoms with Crippen molar-refractivity contribution in [2.45, 2.75) is 70.6 Å². The summed E-state index contributed by atoms with van der Waals surface area (Å²) in [5.74, 6) is -2.96. The molecule has 7 heteroatoms. The van der Waals surface area contributed by atoms with Crippen molar-refractivity contribution in [3.05, 3.63) is 22.8 Å². The second-order valence-electron chi connectivity index (χ2n) is 8.40. The summed E-state index contributed by atoms with van der Waals surface area (Å²) in [5, 5.41) is 20.6. The molecule has 3 fully saturated rings. The third-order valence-corrected chi connectivity index (χ3v) is 7.32. The predicted molar refractivity (Wildman–Crippen MR) is 93.2 cm³/mol. The van der Waals surface area contributed by atoms with E-state index in [2.05, 4.69) is 6.92 Å². The van der Waals surface area contributed by atoms with Crippen LogP contribution in [0.15, 0.2) is 22.8 Å². The number of esters is 2. The Morgan fingerprint density at radius 2 is 2.11 bits per heavy atom. The first-order valence-electron chi connectivity index (χ1n) is 9.46. The van der Waals surface area contributed by atoms with Gasteiger partial charge in [0.1, 0.15) is 11.7 Å². The van der Waals surface area contributed by atoms with Crippen molar-refractivity contribution >= 4 is 11.9 Å². The Morgan fingerprint density at radius 3 is 2.74 bits per heavy atom. The number of hydrogen-bond acceptors (Lipinski definition) is 7. The number of allylic oxidation sites excluding steroid dienone is 1. The van der Waals surface area contributed by atoms with Crippen LogP contribution < -0.4 is 0 Å². The van der Waals surface area contributed by atoms with Gasteiger partial charge in [0, 0.05) is 17.4 Å². The average Bonchev–Trinajstić information content (AvgIpc) is 3.26. The minimum absolute atomic E-state index is 0.0517. The summed E-state index contributed by atoms with van der Waals surface area (Å²) in [6, 6.07) is 0. The van der Waals surface area contributed by atoms with Crippen LogP contribution in [0.3, 0.4) is 0 Å². The lowest BCUT2D eigenvalue weighted by molar-refractivity contribution is -0.225. The lowest BCUT2D eigenvalue weighted by Crippen LogP contribution is -2.64. The molecule has 0 aromatic carbocycles. The fraction of sp³-hybridized carbons (Fsp3) is 0.700.